The molecule has 0 N–H and O–H groups in total. The average molecular weight is 248 g/mol. The van der Waals surface area contributed by atoms with Crippen molar-refractivity contribution in [3.8, 4) is 0 Å². The summed E-state index contributed by atoms with van der Waals surface area (Å²) < 4.78 is 10.3. The fourth-order valence-electron chi connectivity index (χ4n) is 2.43. The van der Waals surface area contributed by atoms with Gasteiger partial charge in [0.25, 0.3) is 0 Å². The Hall–Kier alpha value is -1.19. The van der Waals surface area contributed by atoms with Crippen LogP contribution in [0.5, 0.6) is 0 Å². The average Bonchev–Trinajstić information content (AvgIpc) is 2.71. The van der Waals surface area contributed by atoms with Crippen LogP contribution in [0.1, 0.15) is 28.8 Å². The van der Waals surface area contributed by atoms with Gasteiger partial charge < -0.3 is 9.47 Å². The van der Waals surface area contributed by atoms with Crippen molar-refractivity contribution in [3.05, 3.63) is 35.4 Å². The lowest BCUT2D eigenvalue weighted by Crippen LogP contribution is -2.11. The Morgan fingerprint density at radius 2 is 2.06 bits per heavy atom. The Balaban J connectivity index is 1.72. The summed E-state index contributed by atoms with van der Waals surface area (Å²) in [6.45, 7) is 1.98. The topological polar surface area (TPSA) is 35.5 Å². The molecule has 3 nitrogen and oxygen atoms in total. The summed E-state index contributed by atoms with van der Waals surface area (Å²) >= 11 is 0. The van der Waals surface area contributed by atoms with Crippen molar-refractivity contribution < 1.29 is 14.3 Å². The third kappa shape index (κ3) is 3.18. The fourth-order valence-corrected chi connectivity index (χ4v) is 2.43. The van der Waals surface area contributed by atoms with E-state index in [-0.39, 0.29) is 5.92 Å². The number of ether oxygens (including phenoxy) is 2. The molecule has 1 atom stereocenters. The van der Waals surface area contributed by atoms with E-state index in [0.29, 0.717) is 25.6 Å². The number of hydrogen-bond acceptors (Lipinski definition) is 3. The smallest absolute Gasteiger partial charge is 0.166 e. The molecule has 0 saturated carbocycles. The predicted molar refractivity (Wildman–Crippen MR) is 69.9 cm³/mol. The second kappa shape index (κ2) is 6.66. The van der Waals surface area contributed by atoms with Gasteiger partial charge >= 0.3 is 0 Å². The number of carbonyl (C=O) groups is 1. The first-order valence-electron chi connectivity index (χ1n) is 6.51. The third-order valence-electron chi connectivity index (χ3n) is 3.39. The van der Waals surface area contributed by atoms with Crippen molar-refractivity contribution in [1.29, 1.82) is 0 Å². The molecular weight excluding hydrogens is 228 g/mol. The third-order valence-corrected chi connectivity index (χ3v) is 3.39. The Bertz CT molecular complexity index is 400. The van der Waals surface area contributed by atoms with Gasteiger partial charge in [0.1, 0.15) is 0 Å². The second-order valence-electron chi connectivity index (χ2n) is 4.67. The standard InChI is InChI=1S/C15H20O3/c1-17-9-10-18-8-4-6-13-11-12-5-2-3-7-14(12)15(13)16/h2-3,5,7,13H,4,6,8-11H2,1H3. The summed E-state index contributed by atoms with van der Waals surface area (Å²) in [5.74, 6) is 0.468. The molecule has 0 aromatic heterocycles. The normalized spacial score (nSPS) is 18.1. The summed E-state index contributed by atoms with van der Waals surface area (Å²) in [4.78, 5) is 12.1. The summed E-state index contributed by atoms with van der Waals surface area (Å²) in [6, 6.07) is 7.93. The van der Waals surface area contributed by atoms with Crippen molar-refractivity contribution >= 4 is 5.78 Å². The molecule has 0 aliphatic heterocycles. The van der Waals surface area contributed by atoms with Crippen LogP contribution >= 0.6 is 0 Å². The Kier molecular flexibility index (Phi) is 4.90. The molecule has 1 aliphatic carbocycles. The van der Waals surface area contributed by atoms with E-state index in [1.165, 1.54) is 5.56 Å². The fraction of sp³-hybridized carbons (Fsp3) is 0.533. The van der Waals surface area contributed by atoms with Gasteiger partial charge in [-0.3, -0.25) is 4.79 Å². The number of ketones is 1. The highest BCUT2D eigenvalue weighted by atomic mass is 16.5. The minimum absolute atomic E-state index is 0.161. The molecule has 1 aromatic rings. The number of fused-ring (bicyclic) bond motifs is 1. The van der Waals surface area contributed by atoms with Crippen LogP contribution in [0.4, 0.5) is 0 Å². The first-order chi connectivity index (χ1) is 8.83. The zero-order valence-corrected chi connectivity index (χ0v) is 10.9. The number of benzene rings is 1. The minimum atomic E-state index is 0.161. The number of rotatable bonds is 7. The minimum Gasteiger partial charge on any atom is -0.382 e. The zero-order chi connectivity index (χ0) is 12.8. The molecule has 0 amide bonds. The van der Waals surface area contributed by atoms with Gasteiger partial charge in [-0.05, 0) is 24.8 Å². The molecule has 1 aliphatic rings. The maximum absolute atomic E-state index is 12.1. The molecular formula is C15H20O3. The molecule has 0 heterocycles. The van der Waals surface area contributed by atoms with Crippen molar-refractivity contribution in [1.82, 2.24) is 0 Å². The molecule has 2 rings (SSSR count). The van der Waals surface area contributed by atoms with Gasteiger partial charge in [-0.15, -0.1) is 0 Å². The van der Waals surface area contributed by atoms with Crippen molar-refractivity contribution in [2.24, 2.45) is 5.92 Å². The van der Waals surface area contributed by atoms with Crippen LogP contribution in [0.2, 0.25) is 0 Å². The highest BCUT2D eigenvalue weighted by molar-refractivity contribution is 6.02. The van der Waals surface area contributed by atoms with Crippen molar-refractivity contribution in [2.45, 2.75) is 19.3 Å². The molecule has 98 valence electrons. The number of Topliss-reactive ketones (excluding diaryl/α,β-unsaturated/α-hetero) is 1. The SMILES string of the molecule is COCCOCCCC1Cc2ccccc2C1=O. The first kappa shape index (κ1) is 13.2. The van der Waals surface area contributed by atoms with E-state index in [4.69, 9.17) is 9.47 Å². The zero-order valence-electron chi connectivity index (χ0n) is 10.9. The summed E-state index contributed by atoms with van der Waals surface area (Å²) in [6.07, 6.45) is 2.75. The van der Waals surface area contributed by atoms with E-state index >= 15 is 0 Å². The van der Waals surface area contributed by atoms with E-state index in [0.717, 1.165) is 24.8 Å². The van der Waals surface area contributed by atoms with E-state index < -0.39 is 0 Å². The van der Waals surface area contributed by atoms with E-state index in [2.05, 4.69) is 6.07 Å². The van der Waals surface area contributed by atoms with Crippen molar-refractivity contribution in [2.75, 3.05) is 26.9 Å². The van der Waals surface area contributed by atoms with E-state index in [1.807, 2.05) is 18.2 Å². The summed E-state index contributed by atoms with van der Waals surface area (Å²) in [5.41, 5.74) is 2.12. The molecule has 0 saturated heterocycles. The molecule has 3 heteroatoms. The molecule has 0 bridgehead atoms. The Labute approximate surface area is 108 Å². The number of carbonyl (C=O) groups excluding carboxylic acids is 1. The quantitative estimate of drug-likeness (QED) is 0.695. The van der Waals surface area contributed by atoms with Crippen LogP contribution in [-0.4, -0.2) is 32.7 Å². The van der Waals surface area contributed by atoms with Gasteiger partial charge in [0, 0.05) is 25.2 Å². The highest BCUT2D eigenvalue weighted by Crippen LogP contribution is 2.29. The van der Waals surface area contributed by atoms with E-state index in [1.54, 1.807) is 7.11 Å². The monoisotopic (exact) mass is 248 g/mol. The largest absolute Gasteiger partial charge is 0.382 e. The summed E-state index contributed by atoms with van der Waals surface area (Å²) in [7, 11) is 1.66. The molecule has 1 unspecified atom stereocenters. The molecule has 0 radical (unpaired) electrons. The lowest BCUT2D eigenvalue weighted by Gasteiger charge is -2.08. The Morgan fingerprint density at radius 1 is 1.22 bits per heavy atom. The second-order valence-corrected chi connectivity index (χ2v) is 4.67. The van der Waals surface area contributed by atoms with Crippen LogP contribution < -0.4 is 0 Å². The molecule has 0 fully saturated rings. The van der Waals surface area contributed by atoms with Crippen LogP contribution in [0.3, 0.4) is 0 Å². The van der Waals surface area contributed by atoms with Crippen LogP contribution in [0, 0.1) is 5.92 Å². The van der Waals surface area contributed by atoms with Gasteiger partial charge in [-0.2, -0.15) is 0 Å². The van der Waals surface area contributed by atoms with Gasteiger partial charge in [0.15, 0.2) is 5.78 Å². The van der Waals surface area contributed by atoms with Gasteiger partial charge in [0.05, 0.1) is 13.2 Å². The molecule has 0 spiro atoms. The van der Waals surface area contributed by atoms with Gasteiger partial charge in [0.2, 0.25) is 0 Å². The first-order valence-corrected chi connectivity index (χ1v) is 6.51. The molecule has 18 heavy (non-hydrogen) atoms. The number of hydrogen-bond donors (Lipinski definition) is 0. The Morgan fingerprint density at radius 3 is 2.83 bits per heavy atom. The van der Waals surface area contributed by atoms with Gasteiger partial charge in [-0.1, -0.05) is 24.3 Å². The number of methoxy groups -OCH3 is 1. The van der Waals surface area contributed by atoms with Gasteiger partial charge in [-0.25, -0.2) is 0 Å². The lowest BCUT2D eigenvalue weighted by molar-refractivity contribution is 0.0662. The maximum atomic E-state index is 12.1. The van der Waals surface area contributed by atoms with Crippen LogP contribution in [0.15, 0.2) is 24.3 Å². The maximum Gasteiger partial charge on any atom is 0.166 e. The van der Waals surface area contributed by atoms with Crippen molar-refractivity contribution in [3.63, 3.8) is 0 Å². The highest BCUT2D eigenvalue weighted by Gasteiger charge is 2.29. The predicted octanol–water partition coefficient (Wildman–Crippen LogP) is 2.48. The molecule has 1 aromatic carbocycles. The summed E-state index contributed by atoms with van der Waals surface area (Å²) in [5, 5.41) is 0. The van der Waals surface area contributed by atoms with Crippen LogP contribution in [0.25, 0.3) is 0 Å². The van der Waals surface area contributed by atoms with Crippen LogP contribution in [-0.2, 0) is 15.9 Å². The lowest BCUT2D eigenvalue weighted by atomic mass is 9.99. The van der Waals surface area contributed by atoms with E-state index in [9.17, 15) is 4.79 Å².